The molecule has 0 radical (unpaired) electrons. The molecule has 3 rings (SSSR count). The number of aromatic nitrogens is 3. The molecule has 0 spiro atoms. The van der Waals surface area contributed by atoms with Crippen molar-refractivity contribution in [3.8, 4) is 5.69 Å². The zero-order valence-electron chi connectivity index (χ0n) is 15.3. The number of nitrogens with zero attached hydrogens (tertiary/aromatic N) is 4. The maximum atomic E-state index is 13.0. The van der Waals surface area contributed by atoms with Crippen molar-refractivity contribution in [3.05, 3.63) is 35.2 Å². The SMILES string of the molecule is CCc1ccc(-n2nc(C(F)(F)F)nc2N(C)C)c(C2CC2)c1.O=S(=O)(Cl)Cl. The standard InChI is InChI=1S/C16H19F3N4.Cl2O2S/c1-4-10-5-8-13(12(9-10)11-6-7-11)23-15(22(2)3)20-14(21-23)16(17,18)19;1-5(2,3)4/h5,8-9,11H,4,6-7H2,1-3H3;. The maximum absolute atomic E-state index is 13.0. The fourth-order valence-electron chi connectivity index (χ4n) is 2.61. The fourth-order valence-corrected chi connectivity index (χ4v) is 2.61. The van der Waals surface area contributed by atoms with Crippen molar-refractivity contribution in [1.29, 1.82) is 0 Å². The van der Waals surface area contributed by atoms with Crippen LogP contribution in [0.15, 0.2) is 18.2 Å². The first kappa shape index (κ1) is 22.8. The summed E-state index contributed by atoms with van der Waals surface area (Å²) < 4.78 is 58.6. The number of benzene rings is 1. The van der Waals surface area contributed by atoms with Gasteiger partial charge in [0.2, 0.25) is 5.95 Å². The zero-order chi connectivity index (χ0) is 21.3. The summed E-state index contributed by atoms with van der Waals surface area (Å²) >= 11 is 0. The molecule has 1 fully saturated rings. The minimum absolute atomic E-state index is 0.184. The highest BCUT2D eigenvalue weighted by Gasteiger charge is 2.38. The van der Waals surface area contributed by atoms with Crippen molar-refractivity contribution in [2.75, 3.05) is 19.0 Å². The summed E-state index contributed by atoms with van der Waals surface area (Å²) in [7, 11) is 8.14. The Balaban J connectivity index is 0.000000500. The molecule has 0 atom stereocenters. The second kappa shape index (κ2) is 8.46. The second-order valence-electron chi connectivity index (χ2n) is 6.44. The van der Waals surface area contributed by atoms with Crippen LogP contribution in [0.3, 0.4) is 0 Å². The molecule has 0 unspecified atom stereocenters. The van der Waals surface area contributed by atoms with Gasteiger partial charge in [-0.05, 0) is 42.4 Å². The van der Waals surface area contributed by atoms with Crippen molar-refractivity contribution in [2.45, 2.75) is 38.3 Å². The quantitative estimate of drug-likeness (QED) is 0.630. The molecular formula is C16H19Cl2F3N4O2S. The first-order valence-corrected chi connectivity index (χ1v) is 11.4. The van der Waals surface area contributed by atoms with Gasteiger partial charge in [-0.3, -0.25) is 0 Å². The van der Waals surface area contributed by atoms with Gasteiger partial charge in [-0.2, -0.15) is 31.3 Å². The van der Waals surface area contributed by atoms with Crippen LogP contribution in [0.5, 0.6) is 0 Å². The Labute approximate surface area is 170 Å². The predicted octanol–water partition coefficient (Wildman–Crippen LogP) is 4.50. The van der Waals surface area contributed by atoms with Crippen LogP contribution in [0.1, 0.15) is 42.6 Å². The van der Waals surface area contributed by atoms with Gasteiger partial charge in [0, 0.05) is 35.5 Å². The van der Waals surface area contributed by atoms with E-state index in [1.165, 1.54) is 10.2 Å². The van der Waals surface area contributed by atoms with Gasteiger partial charge in [-0.15, -0.1) is 5.10 Å². The second-order valence-corrected chi connectivity index (χ2v) is 10.1. The molecule has 12 heteroatoms. The number of rotatable bonds is 4. The van der Waals surface area contributed by atoms with Crippen LogP contribution in [-0.4, -0.2) is 37.3 Å². The van der Waals surface area contributed by atoms with Gasteiger partial charge in [-0.1, -0.05) is 19.1 Å². The minimum Gasteiger partial charge on any atom is -0.347 e. The Hall–Kier alpha value is -1.52. The Morgan fingerprint density at radius 2 is 1.82 bits per heavy atom. The monoisotopic (exact) mass is 458 g/mol. The molecule has 1 aliphatic carbocycles. The molecule has 1 aromatic carbocycles. The summed E-state index contributed by atoms with van der Waals surface area (Å²) in [4.78, 5) is 5.22. The number of halogens is 5. The first-order valence-electron chi connectivity index (χ1n) is 8.30. The van der Waals surface area contributed by atoms with Crippen LogP contribution in [0.25, 0.3) is 5.69 Å². The Morgan fingerprint density at radius 1 is 1.25 bits per heavy atom. The van der Waals surface area contributed by atoms with Crippen LogP contribution >= 0.6 is 21.4 Å². The van der Waals surface area contributed by atoms with Gasteiger partial charge in [0.05, 0.1) is 5.69 Å². The lowest BCUT2D eigenvalue weighted by Crippen LogP contribution is -2.16. The van der Waals surface area contributed by atoms with Crippen LogP contribution in [-0.2, 0) is 20.9 Å². The van der Waals surface area contributed by atoms with Crippen molar-refractivity contribution >= 4 is 35.6 Å². The lowest BCUT2D eigenvalue weighted by Gasteiger charge is -2.16. The van der Waals surface area contributed by atoms with Gasteiger partial charge in [0.15, 0.2) is 0 Å². The molecular weight excluding hydrogens is 440 g/mol. The number of anilines is 1. The molecule has 0 N–H and O–H groups in total. The molecule has 6 nitrogen and oxygen atoms in total. The number of alkyl halides is 3. The predicted molar refractivity (Wildman–Crippen MR) is 103 cm³/mol. The minimum atomic E-state index is -4.56. The number of hydrogen-bond acceptors (Lipinski definition) is 5. The summed E-state index contributed by atoms with van der Waals surface area (Å²) in [5, 5.41) is 3.74. The van der Waals surface area contributed by atoms with Gasteiger partial charge < -0.3 is 4.90 Å². The summed E-state index contributed by atoms with van der Waals surface area (Å²) in [6.07, 6.45) is -1.53. The molecule has 1 heterocycles. The van der Waals surface area contributed by atoms with Crippen molar-refractivity contribution in [1.82, 2.24) is 14.8 Å². The molecule has 28 heavy (non-hydrogen) atoms. The van der Waals surface area contributed by atoms with Gasteiger partial charge in [-0.25, -0.2) is 0 Å². The molecule has 2 aromatic rings. The highest BCUT2D eigenvalue weighted by Crippen LogP contribution is 2.43. The van der Waals surface area contributed by atoms with E-state index < -0.39 is 20.3 Å². The van der Waals surface area contributed by atoms with Gasteiger partial charge in [0.25, 0.3) is 5.82 Å². The number of hydrogen-bond donors (Lipinski definition) is 0. The largest absolute Gasteiger partial charge is 0.453 e. The Bertz CT molecular complexity index is 934. The summed E-state index contributed by atoms with van der Waals surface area (Å²) in [5.74, 6) is -0.518. The topological polar surface area (TPSA) is 68.1 Å². The van der Waals surface area contributed by atoms with Crippen molar-refractivity contribution < 1.29 is 21.6 Å². The first-order chi connectivity index (χ1) is 12.8. The molecule has 0 amide bonds. The van der Waals surface area contributed by atoms with E-state index in [0.717, 1.165) is 24.8 Å². The maximum Gasteiger partial charge on any atom is 0.453 e. The van der Waals surface area contributed by atoms with E-state index in [4.69, 9.17) is 8.42 Å². The molecule has 0 saturated heterocycles. The Kier molecular flexibility index (Phi) is 6.88. The Morgan fingerprint density at radius 3 is 2.25 bits per heavy atom. The van der Waals surface area contributed by atoms with Crippen LogP contribution in [0.4, 0.5) is 19.1 Å². The smallest absolute Gasteiger partial charge is 0.347 e. The average Bonchev–Trinajstić information content (AvgIpc) is 3.29. The summed E-state index contributed by atoms with van der Waals surface area (Å²) in [6.45, 7) is 2.06. The fraction of sp³-hybridized carbons (Fsp3) is 0.500. The van der Waals surface area contributed by atoms with E-state index in [1.54, 1.807) is 19.0 Å². The summed E-state index contributed by atoms with van der Waals surface area (Å²) in [5.41, 5.74) is 2.93. The van der Waals surface area contributed by atoms with E-state index in [1.807, 2.05) is 12.1 Å². The molecule has 1 aliphatic rings. The van der Waals surface area contributed by atoms with Crippen molar-refractivity contribution in [3.63, 3.8) is 0 Å². The highest BCUT2D eigenvalue weighted by molar-refractivity contribution is 8.31. The third-order valence-corrected chi connectivity index (χ3v) is 3.99. The van der Waals surface area contributed by atoms with Crippen molar-refractivity contribution in [2.24, 2.45) is 0 Å². The van der Waals surface area contributed by atoms with Crippen LogP contribution < -0.4 is 4.90 Å². The average molecular weight is 459 g/mol. The van der Waals surface area contributed by atoms with E-state index >= 15 is 0 Å². The lowest BCUT2D eigenvalue weighted by atomic mass is 10.0. The normalized spacial score (nSPS) is 14.4. The number of aryl methyl sites for hydroxylation is 1. The summed E-state index contributed by atoms with van der Waals surface area (Å²) in [6, 6.07) is 5.88. The van der Waals surface area contributed by atoms with E-state index in [-0.39, 0.29) is 5.95 Å². The molecule has 1 saturated carbocycles. The van der Waals surface area contributed by atoms with Crippen LogP contribution in [0.2, 0.25) is 0 Å². The molecule has 1 aromatic heterocycles. The van der Waals surface area contributed by atoms with E-state index in [2.05, 4.69) is 44.4 Å². The van der Waals surface area contributed by atoms with E-state index in [9.17, 15) is 13.2 Å². The van der Waals surface area contributed by atoms with E-state index in [0.29, 0.717) is 11.6 Å². The van der Waals surface area contributed by atoms with Gasteiger partial charge in [0.1, 0.15) is 0 Å². The lowest BCUT2D eigenvalue weighted by molar-refractivity contribution is -0.144. The van der Waals surface area contributed by atoms with Gasteiger partial charge >= 0.3 is 14.4 Å². The molecule has 0 aliphatic heterocycles. The highest BCUT2D eigenvalue weighted by atomic mass is 36.0. The molecule has 156 valence electrons. The third-order valence-electron chi connectivity index (χ3n) is 3.99. The molecule has 0 bridgehead atoms. The zero-order valence-corrected chi connectivity index (χ0v) is 17.7. The van der Waals surface area contributed by atoms with Crippen LogP contribution in [0, 0.1) is 0 Å². The third kappa shape index (κ3) is 6.25.